The molecule has 19 heavy (non-hydrogen) atoms. The molecule has 1 atom stereocenters. The number of nitriles is 1. The molecule has 4 heteroatoms. The zero-order valence-electron chi connectivity index (χ0n) is 11.3. The van der Waals surface area contributed by atoms with E-state index in [2.05, 4.69) is 15.9 Å². The number of likely N-dealkylation sites (tertiary alicyclic amines) is 1. The summed E-state index contributed by atoms with van der Waals surface area (Å²) in [7, 11) is 1.99. The summed E-state index contributed by atoms with van der Waals surface area (Å²) >= 11 is 0. The monoisotopic (exact) mass is 261 g/mol. The number of nitrogens with zero attached hydrogens (tertiary/aromatic N) is 3. The first-order chi connectivity index (χ1) is 9.20. The Kier molecular flexibility index (Phi) is 4.89. The Balaban J connectivity index is 1.95. The Bertz CT molecular complexity index is 455. The van der Waals surface area contributed by atoms with Crippen molar-refractivity contribution in [2.45, 2.75) is 25.4 Å². The molecule has 1 saturated heterocycles. The number of halogens is 1. The van der Waals surface area contributed by atoms with Crippen molar-refractivity contribution in [1.29, 1.82) is 5.26 Å². The Hall–Kier alpha value is -1.44. The zero-order valence-corrected chi connectivity index (χ0v) is 11.3. The van der Waals surface area contributed by atoms with E-state index in [1.54, 1.807) is 6.07 Å². The first-order valence-electron chi connectivity index (χ1n) is 6.73. The summed E-state index contributed by atoms with van der Waals surface area (Å²) in [4.78, 5) is 4.37. The molecule has 0 spiro atoms. The van der Waals surface area contributed by atoms with Crippen LogP contribution in [0.1, 0.15) is 18.4 Å². The van der Waals surface area contributed by atoms with Gasteiger partial charge in [-0.05, 0) is 32.5 Å². The highest BCUT2D eigenvalue weighted by atomic mass is 19.1. The second-order valence-corrected chi connectivity index (χ2v) is 5.20. The maximum Gasteiger partial charge on any atom is 0.127 e. The molecule has 1 heterocycles. The third kappa shape index (κ3) is 3.76. The average molecular weight is 261 g/mol. The van der Waals surface area contributed by atoms with Gasteiger partial charge in [-0.15, -0.1) is 0 Å². The van der Waals surface area contributed by atoms with Crippen molar-refractivity contribution in [3.63, 3.8) is 0 Å². The van der Waals surface area contributed by atoms with Crippen LogP contribution in [0.2, 0.25) is 0 Å². The minimum absolute atomic E-state index is 0.130. The highest BCUT2D eigenvalue weighted by Gasteiger charge is 2.23. The van der Waals surface area contributed by atoms with E-state index >= 15 is 0 Å². The fourth-order valence-electron chi connectivity index (χ4n) is 2.64. The van der Waals surface area contributed by atoms with Crippen LogP contribution in [0.15, 0.2) is 24.3 Å². The number of benzene rings is 1. The van der Waals surface area contributed by atoms with Crippen LogP contribution in [0.25, 0.3) is 0 Å². The van der Waals surface area contributed by atoms with Crippen LogP contribution in [0.4, 0.5) is 4.39 Å². The molecule has 0 N–H and O–H groups in total. The maximum absolute atomic E-state index is 13.6. The Morgan fingerprint density at radius 2 is 2.26 bits per heavy atom. The van der Waals surface area contributed by atoms with E-state index < -0.39 is 0 Å². The summed E-state index contributed by atoms with van der Waals surface area (Å²) in [6, 6.07) is 9.54. The molecule has 3 nitrogen and oxygen atoms in total. The number of hydrogen-bond acceptors (Lipinski definition) is 3. The van der Waals surface area contributed by atoms with Crippen molar-refractivity contribution in [3.05, 3.63) is 35.6 Å². The predicted molar refractivity (Wildman–Crippen MR) is 72.9 cm³/mol. The molecule has 1 fully saturated rings. The van der Waals surface area contributed by atoms with Gasteiger partial charge in [-0.1, -0.05) is 18.2 Å². The van der Waals surface area contributed by atoms with Crippen LogP contribution in [0.3, 0.4) is 0 Å². The molecule has 0 aliphatic carbocycles. The largest absolute Gasteiger partial charge is 0.297 e. The Morgan fingerprint density at radius 3 is 3.00 bits per heavy atom. The van der Waals surface area contributed by atoms with Crippen LogP contribution in [-0.2, 0) is 6.54 Å². The van der Waals surface area contributed by atoms with Crippen molar-refractivity contribution in [1.82, 2.24) is 9.80 Å². The number of rotatable bonds is 4. The molecule has 0 radical (unpaired) electrons. The van der Waals surface area contributed by atoms with Gasteiger partial charge in [-0.3, -0.25) is 9.80 Å². The summed E-state index contributed by atoms with van der Waals surface area (Å²) in [5, 5.41) is 8.75. The van der Waals surface area contributed by atoms with E-state index in [-0.39, 0.29) is 5.82 Å². The van der Waals surface area contributed by atoms with E-state index in [0.29, 0.717) is 19.1 Å². The summed E-state index contributed by atoms with van der Waals surface area (Å²) in [6.45, 7) is 3.03. The fourth-order valence-corrected chi connectivity index (χ4v) is 2.64. The van der Waals surface area contributed by atoms with Crippen LogP contribution >= 0.6 is 0 Å². The standard InChI is InChI=1S/C15H20FN3/c1-18(10-8-17)14-6-4-9-19(12-14)11-13-5-2-3-7-15(13)16/h2-3,5,7,14H,4,6,9-12H2,1H3. The molecule has 1 aromatic rings. The molecule has 0 saturated carbocycles. The van der Waals surface area contributed by atoms with Crippen molar-refractivity contribution >= 4 is 0 Å². The minimum atomic E-state index is -0.130. The van der Waals surface area contributed by atoms with E-state index in [9.17, 15) is 4.39 Å². The van der Waals surface area contributed by atoms with Crippen molar-refractivity contribution in [3.8, 4) is 6.07 Å². The van der Waals surface area contributed by atoms with Gasteiger partial charge in [-0.25, -0.2) is 4.39 Å². The zero-order chi connectivity index (χ0) is 13.7. The van der Waals surface area contributed by atoms with E-state index in [4.69, 9.17) is 5.26 Å². The third-order valence-electron chi connectivity index (χ3n) is 3.78. The summed E-state index contributed by atoms with van der Waals surface area (Å²) < 4.78 is 13.6. The van der Waals surface area contributed by atoms with Crippen LogP contribution in [0.5, 0.6) is 0 Å². The smallest absolute Gasteiger partial charge is 0.127 e. The molecule has 1 aliphatic heterocycles. The molecule has 2 rings (SSSR count). The lowest BCUT2D eigenvalue weighted by Crippen LogP contribution is -2.46. The van der Waals surface area contributed by atoms with Gasteiger partial charge < -0.3 is 0 Å². The topological polar surface area (TPSA) is 30.3 Å². The molecule has 0 amide bonds. The predicted octanol–water partition coefficient (Wildman–Crippen LogP) is 2.25. The van der Waals surface area contributed by atoms with Gasteiger partial charge in [0.1, 0.15) is 5.82 Å². The molecule has 1 aromatic carbocycles. The van der Waals surface area contributed by atoms with Gasteiger partial charge in [0.05, 0.1) is 12.6 Å². The van der Waals surface area contributed by atoms with Crippen molar-refractivity contribution in [2.24, 2.45) is 0 Å². The first-order valence-corrected chi connectivity index (χ1v) is 6.73. The fraction of sp³-hybridized carbons (Fsp3) is 0.533. The van der Waals surface area contributed by atoms with Crippen LogP contribution < -0.4 is 0 Å². The second-order valence-electron chi connectivity index (χ2n) is 5.20. The van der Waals surface area contributed by atoms with E-state index in [1.807, 2.05) is 19.2 Å². The third-order valence-corrected chi connectivity index (χ3v) is 3.78. The summed E-state index contributed by atoms with van der Waals surface area (Å²) in [5.41, 5.74) is 0.756. The summed E-state index contributed by atoms with van der Waals surface area (Å²) in [5.74, 6) is -0.130. The number of hydrogen-bond donors (Lipinski definition) is 0. The van der Waals surface area contributed by atoms with Crippen LogP contribution in [-0.4, -0.2) is 42.5 Å². The SMILES string of the molecule is CN(CC#N)C1CCCN(Cc2ccccc2F)C1. The maximum atomic E-state index is 13.6. The summed E-state index contributed by atoms with van der Waals surface area (Å²) in [6.07, 6.45) is 2.22. The van der Waals surface area contributed by atoms with Gasteiger partial charge in [0.2, 0.25) is 0 Å². The molecule has 0 aromatic heterocycles. The number of piperidine rings is 1. The van der Waals surface area contributed by atoms with Gasteiger partial charge in [0.25, 0.3) is 0 Å². The minimum Gasteiger partial charge on any atom is -0.297 e. The lowest BCUT2D eigenvalue weighted by atomic mass is 10.0. The lowest BCUT2D eigenvalue weighted by Gasteiger charge is -2.36. The highest BCUT2D eigenvalue weighted by Crippen LogP contribution is 2.18. The van der Waals surface area contributed by atoms with Crippen molar-refractivity contribution < 1.29 is 4.39 Å². The second kappa shape index (κ2) is 6.65. The first kappa shape index (κ1) is 14.0. The molecular formula is C15H20FN3. The van der Waals surface area contributed by atoms with Gasteiger partial charge in [0, 0.05) is 24.7 Å². The Labute approximate surface area is 114 Å². The van der Waals surface area contributed by atoms with Gasteiger partial charge in [0.15, 0.2) is 0 Å². The highest BCUT2D eigenvalue weighted by molar-refractivity contribution is 5.17. The van der Waals surface area contributed by atoms with E-state index in [0.717, 1.165) is 31.5 Å². The normalized spacial score (nSPS) is 20.4. The van der Waals surface area contributed by atoms with Gasteiger partial charge >= 0.3 is 0 Å². The van der Waals surface area contributed by atoms with Crippen molar-refractivity contribution in [2.75, 3.05) is 26.7 Å². The molecule has 0 bridgehead atoms. The van der Waals surface area contributed by atoms with Gasteiger partial charge in [-0.2, -0.15) is 5.26 Å². The quantitative estimate of drug-likeness (QED) is 0.779. The van der Waals surface area contributed by atoms with Crippen LogP contribution in [0, 0.1) is 17.1 Å². The van der Waals surface area contributed by atoms with E-state index in [1.165, 1.54) is 6.07 Å². The number of likely N-dealkylation sites (N-methyl/N-ethyl adjacent to an activating group) is 1. The lowest BCUT2D eigenvalue weighted by molar-refractivity contribution is 0.119. The molecule has 1 aliphatic rings. The molecule has 1 unspecified atom stereocenters. The molecular weight excluding hydrogens is 241 g/mol. The molecule has 102 valence electrons. The average Bonchev–Trinajstić information content (AvgIpc) is 2.42. The Morgan fingerprint density at radius 1 is 1.47 bits per heavy atom.